The number of rotatable bonds is 6. The molecule has 0 bridgehead atoms. The van der Waals surface area contributed by atoms with E-state index in [9.17, 15) is 4.79 Å². The SMILES string of the molecule is Cc1cc(P(OCC(C)C)c2ccccc2)cc(Cl)c1C=O.[LiH]. The molecule has 0 saturated carbocycles. The molecular weight excluding hydrogens is 322 g/mol. The zero-order valence-corrected chi connectivity index (χ0v) is 14.7. The maximum absolute atomic E-state index is 11.1. The van der Waals surface area contributed by atoms with Crippen molar-refractivity contribution in [2.45, 2.75) is 20.8 Å². The number of aryl methyl sites for hydroxylation is 1. The molecule has 0 fully saturated rings. The van der Waals surface area contributed by atoms with Crippen molar-refractivity contribution in [3.63, 3.8) is 0 Å². The quantitative estimate of drug-likeness (QED) is 0.453. The van der Waals surface area contributed by atoms with E-state index in [2.05, 4.69) is 26.0 Å². The molecule has 0 radical (unpaired) electrons. The van der Waals surface area contributed by atoms with E-state index in [1.165, 1.54) is 0 Å². The molecule has 23 heavy (non-hydrogen) atoms. The van der Waals surface area contributed by atoms with Gasteiger partial charge in [-0.1, -0.05) is 55.8 Å². The van der Waals surface area contributed by atoms with Gasteiger partial charge in [0.15, 0.2) is 6.29 Å². The molecule has 0 aromatic heterocycles. The Balaban J connectivity index is 0.00000264. The minimum absolute atomic E-state index is 0. The van der Waals surface area contributed by atoms with Crippen LogP contribution in [0.15, 0.2) is 42.5 Å². The normalized spacial score (nSPS) is 11.9. The molecule has 0 aliphatic heterocycles. The molecule has 2 rings (SSSR count). The van der Waals surface area contributed by atoms with Crippen LogP contribution in [0.1, 0.15) is 29.8 Å². The summed E-state index contributed by atoms with van der Waals surface area (Å²) in [5.41, 5.74) is 1.44. The number of aldehydes is 1. The number of hydrogen-bond donors (Lipinski definition) is 0. The maximum atomic E-state index is 11.1. The van der Waals surface area contributed by atoms with Gasteiger partial charge in [0.1, 0.15) is 0 Å². The molecule has 0 N–H and O–H groups in total. The van der Waals surface area contributed by atoms with Gasteiger partial charge in [-0.2, -0.15) is 0 Å². The Labute approximate surface area is 156 Å². The van der Waals surface area contributed by atoms with Crippen LogP contribution in [0.4, 0.5) is 0 Å². The molecule has 0 aliphatic rings. The number of carbonyl (C=O) groups is 1. The van der Waals surface area contributed by atoms with Gasteiger partial charge in [-0.3, -0.25) is 4.79 Å². The third kappa shape index (κ3) is 5.46. The number of carbonyl (C=O) groups excluding carboxylic acids is 1. The van der Waals surface area contributed by atoms with Gasteiger partial charge >= 0.3 is 18.9 Å². The molecule has 0 amide bonds. The minimum atomic E-state index is -0.934. The van der Waals surface area contributed by atoms with Crippen LogP contribution in [0.3, 0.4) is 0 Å². The Morgan fingerprint density at radius 1 is 1.17 bits per heavy atom. The Morgan fingerprint density at radius 3 is 2.35 bits per heavy atom. The summed E-state index contributed by atoms with van der Waals surface area (Å²) in [6, 6.07) is 14.0. The first-order chi connectivity index (χ1) is 10.5. The first-order valence-electron chi connectivity index (χ1n) is 7.26. The van der Waals surface area contributed by atoms with Crippen LogP contribution >= 0.6 is 19.7 Å². The second-order valence-electron chi connectivity index (χ2n) is 5.60. The third-order valence-corrected chi connectivity index (χ3v) is 5.42. The molecule has 2 nitrogen and oxygen atoms in total. The van der Waals surface area contributed by atoms with E-state index >= 15 is 0 Å². The molecule has 0 aliphatic carbocycles. The van der Waals surface area contributed by atoms with Gasteiger partial charge in [-0.05, 0) is 30.5 Å². The summed E-state index contributed by atoms with van der Waals surface area (Å²) < 4.78 is 6.18. The fourth-order valence-electron chi connectivity index (χ4n) is 2.09. The molecule has 118 valence electrons. The molecule has 0 saturated heterocycles. The molecular formula is C18H21ClLiO2P. The van der Waals surface area contributed by atoms with Gasteiger partial charge in [0.25, 0.3) is 0 Å². The third-order valence-electron chi connectivity index (χ3n) is 3.20. The van der Waals surface area contributed by atoms with Crippen molar-refractivity contribution in [3.8, 4) is 0 Å². The van der Waals surface area contributed by atoms with Crippen LogP contribution in [0.5, 0.6) is 0 Å². The fraction of sp³-hybridized carbons (Fsp3) is 0.278. The zero-order valence-electron chi connectivity index (χ0n) is 13.0. The second-order valence-corrected chi connectivity index (χ2v) is 7.88. The summed E-state index contributed by atoms with van der Waals surface area (Å²) in [7, 11) is -0.934. The molecule has 0 spiro atoms. The summed E-state index contributed by atoms with van der Waals surface area (Å²) in [6.45, 7) is 6.85. The van der Waals surface area contributed by atoms with Crippen LogP contribution in [-0.2, 0) is 4.52 Å². The molecule has 5 heteroatoms. The van der Waals surface area contributed by atoms with Gasteiger partial charge in [0.2, 0.25) is 0 Å². The summed E-state index contributed by atoms with van der Waals surface area (Å²) in [4.78, 5) is 11.1. The van der Waals surface area contributed by atoms with Gasteiger partial charge in [0.05, 0.1) is 19.8 Å². The number of halogens is 1. The van der Waals surface area contributed by atoms with Crippen molar-refractivity contribution in [1.29, 1.82) is 0 Å². The van der Waals surface area contributed by atoms with Crippen molar-refractivity contribution in [2.24, 2.45) is 5.92 Å². The van der Waals surface area contributed by atoms with E-state index in [1.54, 1.807) is 0 Å². The number of hydrogen-bond acceptors (Lipinski definition) is 2. The van der Waals surface area contributed by atoms with E-state index in [0.29, 0.717) is 23.1 Å². The first kappa shape index (κ1) is 20.4. The number of benzene rings is 2. The average Bonchev–Trinajstić information content (AvgIpc) is 2.48. The van der Waals surface area contributed by atoms with Gasteiger partial charge < -0.3 is 4.52 Å². The van der Waals surface area contributed by atoms with Crippen molar-refractivity contribution < 1.29 is 9.32 Å². The Hall–Kier alpha value is -0.613. The summed E-state index contributed by atoms with van der Waals surface area (Å²) in [6.07, 6.45) is 0.807. The first-order valence-corrected chi connectivity index (χ1v) is 8.90. The van der Waals surface area contributed by atoms with Gasteiger partial charge in [0, 0.05) is 16.2 Å². The topological polar surface area (TPSA) is 26.3 Å². The van der Waals surface area contributed by atoms with E-state index in [1.807, 2.05) is 37.3 Å². The van der Waals surface area contributed by atoms with E-state index < -0.39 is 8.15 Å². The summed E-state index contributed by atoms with van der Waals surface area (Å²) in [5.74, 6) is 0.458. The average molecular weight is 343 g/mol. The zero-order chi connectivity index (χ0) is 16.1. The van der Waals surface area contributed by atoms with Crippen molar-refractivity contribution in [1.82, 2.24) is 0 Å². The Morgan fingerprint density at radius 2 is 1.83 bits per heavy atom. The standard InChI is InChI=1S/C18H20ClO2P.Li.H/c1-13(2)12-21-22(15-7-5-4-6-8-15)16-9-14(3)17(11-20)18(19)10-16;;/h4-11,13H,12H2,1-3H3;;. The predicted molar refractivity (Wildman–Crippen MR) is 102 cm³/mol. The molecule has 1 atom stereocenters. The Kier molecular flexibility index (Phi) is 8.55. The monoisotopic (exact) mass is 342 g/mol. The van der Waals surface area contributed by atoms with E-state index in [4.69, 9.17) is 16.1 Å². The van der Waals surface area contributed by atoms with Gasteiger partial charge in [-0.25, -0.2) is 0 Å². The van der Waals surface area contributed by atoms with Crippen molar-refractivity contribution in [2.75, 3.05) is 6.61 Å². The molecule has 2 aromatic rings. The molecule has 1 unspecified atom stereocenters. The van der Waals surface area contributed by atoms with E-state index in [-0.39, 0.29) is 18.9 Å². The second kappa shape index (κ2) is 9.63. The van der Waals surface area contributed by atoms with Crippen molar-refractivity contribution in [3.05, 3.63) is 58.6 Å². The van der Waals surface area contributed by atoms with Crippen LogP contribution in [-0.4, -0.2) is 31.8 Å². The summed E-state index contributed by atoms with van der Waals surface area (Å²) in [5, 5.41) is 2.67. The predicted octanol–water partition coefficient (Wildman–Crippen LogP) is 3.83. The molecule has 0 heterocycles. The summed E-state index contributed by atoms with van der Waals surface area (Å²) >= 11 is 6.25. The molecule has 2 aromatic carbocycles. The van der Waals surface area contributed by atoms with E-state index in [0.717, 1.165) is 22.5 Å². The van der Waals surface area contributed by atoms with Crippen molar-refractivity contribution >= 4 is 55.5 Å². The van der Waals surface area contributed by atoms with Crippen LogP contribution < -0.4 is 10.6 Å². The Bertz CT molecular complexity index is 624. The van der Waals surface area contributed by atoms with Crippen LogP contribution in [0.25, 0.3) is 0 Å². The van der Waals surface area contributed by atoms with Gasteiger partial charge in [-0.15, -0.1) is 0 Å². The van der Waals surface area contributed by atoms with Crippen LogP contribution in [0, 0.1) is 12.8 Å². The van der Waals surface area contributed by atoms with Crippen LogP contribution in [0.2, 0.25) is 5.02 Å². The fourth-order valence-corrected chi connectivity index (χ4v) is 4.52.